The molecular formula is C10H14ClN3O2. The minimum atomic E-state index is -0.468. The van der Waals surface area contributed by atoms with Crippen LogP contribution in [0.5, 0.6) is 0 Å². The number of anilines is 1. The van der Waals surface area contributed by atoms with Gasteiger partial charge < -0.3 is 10.1 Å². The number of carbonyl (C=O) groups is 1. The first-order chi connectivity index (χ1) is 7.54. The number of carbonyl (C=O) groups excluding carboxylic acids is 1. The predicted molar refractivity (Wildman–Crippen MR) is 61.5 cm³/mol. The summed E-state index contributed by atoms with van der Waals surface area (Å²) in [6.45, 7) is 5.65. The van der Waals surface area contributed by atoms with E-state index in [9.17, 15) is 4.79 Å². The maximum atomic E-state index is 11.4. The van der Waals surface area contributed by atoms with Gasteiger partial charge in [-0.25, -0.2) is 14.8 Å². The van der Waals surface area contributed by atoms with E-state index >= 15 is 0 Å². The van der Waals surface area contributed by atoms with Crippen molar-refractivity contribution >= 4 is 23.4 Å². The molecule has 0 bridgehead atoms. The molecule has 88 valence electrons. The molecule has 6 heteroatoms. The van der Waals surface area contributed by atoms with E-state index in [0.29, 0.717) is 12.4 Å². The smallest absolute Gasteiger partial charge is 0.328 e. The quantitative estimate of drug-likeness (QED) is 0.645. The fourth-order valence-electron chi connectivity index (χ4n) is 1.10. The highest BCUT2D eigenvalue weighted by molar-refractivity contribution is 6.28. The van der Waals surface area contributed by atoms with Crippen LogP contribution in [0.25, 0.3) is 0 Å². The maximum Gasteiger partial charge on any atom is 0.328 e. The Morgan fingerprint density at radius 3 is 3.00 bits per heavy atom. The van der Waals surface area contributed by atoms with E-state index in [2.05, 4.69) is 15.3 Å². The molecule has 1 N–H and O–H groups in total. The number of halogens is 1. The zero-order valence-electron chi connectivity index (χ0n) is 9.45. The van der Waals surface area contributed by atoms with Crippen molar-refractivity contribution in [2.45, 2.75) is 26.8 Å². The van der Waals surface area contributed by atoms with E-state index in [1.807, 2.05) is 6.92 Å². The molecule has 0 saturated heterocycles. The molecule has 0 amide bonds. The number of aryl methyl sites for hydroxylation is 1. The summed E-state index contributed by atoms with van der Waals surface area (Å²) in [6, 6.07) is -0.468. The van der Waals surface area contributed by atoms with Crippen molar-refractivity contribution < 1.29 is 9.53 Å². The van der Waals surface area contributed by atoms with Crippen LogP contribution in [0.3, 0.4) is 0 Å². The third kappa shape index (κ3) is 3.34. The number of hydrogen-bond acceptors (Lipinski definition) is 5. The second-order valence-electron chi connectivity index (χ2n) is 3.29. The highest BCUT2D eigenvalue weighted by atomic mass is 35.5. The zero-order valence-corrected chi connectivity index (χ0v) is 10.2. The lowest BCUT2D eigenvalue weighted by atomic mass is 10.3. The van der Waals surface area contributed by atoms with Gasteiger partial charge in [-0.1, -0.05) is 0 Å². The van der Waals surface area contributed by atoms with Gasteiger partial charge in [-0.3, -0.25) is 0 Å². The first-order valence-corrected chi connectivity index (χ1v) is 5.34. The summed E-state index contributed by atoms with van der Waals surface area (Å²) in [5.41, 5.74) is 0.820. The van der Waals surface area contributed by atoms with E-state index in [1.165, 1.54) is 0 Å². The molecule has 1 aromatic heterocycles. The molecule has 0 aliphatic carbocycles. The summed E-state index contributed by atoms with van der Waals surface area (Å²) < 4.78 is 4.87. The number of esters is 1. The van der Waals surface area contributed by atoms with Crippen molar-refractivity contribution in [3.63, 3.8) is 0 Å². The highest BCUT2D eigenvalue weighted by Gasteiger charge is 2.15. The van der Waals surface area contributed by atoms with Gasteiger partial charge in [-0.05, 0) is 32.4 Å². The van der Waals surface area contributed by atoms with Gasteiger partial charge in [-0.2, -0.15) is 0 Å². The normalized spacial score (nSPS) is 12.0. The van der Waals surface area contributed by atoms with Gasteiger partial charge in [0.15, 0.2) is 0 Å². The molecule has 1 rings (SSSR count). The van der Waals surface area contributed by atoms with Crippen LogP contribution in [-0.4, -0.2) is 28.6 Å². The third-order valence-corrected chi connectivity index (χ3v) is 2.12. The van der Waals surface area contributed by atoms with Gasteiger partial charge in [0.25, 0.3) is 0 Å². The number of nitrogens with one attached hydrogen (secondary N) is 1. The third-order valence-electron chi connectivity index (χ3n) is 1.94. The lowest BCUT2D eigenvalue weighted by Gasteiger charge is -2.14. The average molecular weight is 244 g/mol. The molecule has 1 aromatic rings. The molecule has 16 heavy (non-hydrogen) atoms. The SMILES string of the molecule is CCOC(=O)C(C)Nc1nc(Cl)ncc1C. The molecule has 0 aromatic carbocycles. The zero-order chi connectivity index (χ0) is 12.1. The van der Waals surface area contributed by atoms with Crippen molar-refractivity contribution in [1.82, 2.24) is 9.97 Å². The fraction of sp³-hybridized carbons (Fsp3) is 0.500. The van der Waals surface area contributed by atoms with Crippen LogP contribution in [0.4, 0.5) is 5.82 Å². The Bertz CT molecular complexity index is 384. The second kappa shape index (κ2) is 5.65. The van der Waals surface area contributed by atoms with Crippen LogP contribution in [-0.2, 0) is 9.53 Å². The molecule has 0 aliphatic heterocycles. The molecular weight excluding hydrogens is 230 g/mol. The van der Waals surface area contributed by atoms with Crippen LogP contribution in [0, 0.1) is 6.92 Å². The lowest BCUT2D eigenvalue weighted by molar-refractivity contribution is -0.143. The van der Waals surface area contributed by atoms with E-state index in [1.54, 1.807) is 20.0 Å². The van der Waals surface area contributed by atoms with Crippen LogP contribution in [0.2, 0.25) is 5.28 Å². The first-order valence-electron chi connectivity index (χ1n) is 4.97. The van der Waals surface area contributed by atoms with Gasteiger partial charge in [0.1, 0.15) is 11.9 Å². The fourth-order valence-corrected chi connectivity index (χ4v) is 1.23. The predicted octanol–water partition coefficient (Wildman–Crippen LogP) is 1.80. The summed E-state index contributed by atoms with van der Waals surface area (Å²) in [5.74, 6) is 0.220. The highest BCUT2D eigenvalue weighted by Crippen LogP contribution is 2.13. The van der Waals surface area contributed by atoms with E-state index < -0.39 is 6.04 Å². The van der Waals surface area contributed by atoms with Crippen LogP contribution < -0.4 is 5.32 Å². The Labute approximate surface area is 99.2 Å². The van der Waals surface area contributed by atoms with Crippen molar-refractivity contribution in [2.24, 2.45) is 0 Å². The van der Waals surface area contributed by atoms with Gasteiger partial charge in [0, 0.05) is 11.8 Å². The van der Waals surface area contributed by atoms with Gasteiger partial charge in [-0.15, -0.1) is 0 Å². The van der Waals surface area contributed by atoms with Crippen LogP contribution in [0.15, 0.2) is 6.20 Å². The molecule has 1 unspecified atom stereocenters. The average Bonchev–Trinajstić information content (AvgIpc) is 2.23. The molecule has 0 saturated carbocycles. The summed E-state index contributed by atoms with van der Waals surface area (Å²) in [6.07, 6.45) is 1.59. The monoisotopic (exact) mass is 243 g/mol. The van der Waals surface area contributed by atoms with E-state index in [4.69, 9.17) is 16.3 Å². The number of nitrogens with zero attached hydrogens (tertiary/aromatic N) is 2. The topological polar surface area (TPSA) is 64.1 Å². The summed E-state index contributed by atoms with van der Waals surface area (Å²) in [5, 5.41) is 3.07. The second-order valence-corrected chi connectivity index (χ2v) is 3.63. The van der Waals surface area contributed by atoms with E-state index in [0.717, 1.165) is 5.56 Å². The number of rotatable bonds is 4. The summed E-state index contributed by atoms with van der Waals surface area (Å²) in [7, 11) is 0. The van der Waals surface area contributed by atoms with Crippen LogP contribution in [0.1, 0.15) is 19.4 Å². The molecule has 1 heterocycles. The van der Waals surface area contributed by atoms with Gasteiger partial charge in [0.05, 0.1) is 6.61 Å². The molecule has 0 fully saturated rings. The number of hydrogen-bond donors (Lipinski definition) is 1. The molecule has 0 aliphatic rings. The number of aromatic nitrogens is 2. The largest absolute Gasteiger partial charge is 0.464 e. The lowest BCUT2D eigenvalue weighted by Crippen LogP contribution is -2.29. The summed E-state index contributed by atoms with van der Waals surface area (Å²) in [4.78, 5) is 19.2. The molecule has 5 nitrogen and oxygen atoms in total. The van der Waals surface area contributed by atoms with E-state index in [-0.39, 0.29) is 11.3 Å². The Kier molecular flexibility index (Phi) is 4.49. The standard InChI is InChI=1S/C10H14ClN3O2/c1-4-16-9(15)7(3)13-8-6(2)5-12-10(11)14-8/h5,7H,4H2,1-3H3,(H,12,13,14). The van der Waals surface area contributed by atoms with Crippen LogP contribution >= 0.6 is 11.6 Å². The molecule has 1 atom stereocenters. The maximum absolute atomic E-state index is 11.4. The minimum Gasteiger partial charge on any atom is -0.464 e. The van der Waals surface area contributed by atoms with Crippen molar-refractivity contribution in [3.05, 3.63) is 17.0 Å². The molecule has 0 radical (unpaired) electrons. The van der Waals surface area contributed by atoms with Gasteiger partial charge in [0.2, 0.25) is 5.28 Å². The van der Waals surface area contributed by atoms with Gasteiger partial charge >= 0.3 is 5.97 Å². The Hall–Kier alpha value is -1.36. The van der Waals surface area contributed by atoms with Crippen molar-refractivity contribution in [3.8, 4) is 0 Å². The first kappa shape index (κ1) is 12.7. The Balaban J connectivity index is 2.72. The minimum absolute atomic E-state index is 0.143. The molecule has 0 spiro atoms. The number of ether oxygens (including phenoxy) is 1. The summed E-state index contributed by atoms with van der Waals surface area (Å²) >= 11 is 5.66. The Morgan fingerprint density at radius 1 is 1.69 bits per heavy atom. The Morgan fingerprint density at radius 2 is 2.38 bits per heavy atom. The van der Waals surface area contributed by atoms with Crippen molar-refractivity contribution in [1.29, 1.82) is 0 Å². The van der Waals surface area contributed by atoms with Crippen molar-refractivity contribution in [2.75, 3.05) is 11.9 Å².